The fourth-order valence-corrected chi connectivity index (χ4v) is 1.89. The van der Waals surface area contributed by atoms with Crippen molar-refractivity contribution in [1.29, 1.82) is 0 Å². The lowest BCUT2D eigenvalue weighted by Crippen LogP contribution is -2.32. The highest BCUT2D eigenvalue weighted by atomic mass is 79.9. The summed E-state index contributed by atoms with van der Waals surface area (Å²) in [4.78, 5) is 10.7. The van der Waals surface area contributed by atoms with Crippen LogP contribution in [-0.2, 0) is 11.2 Å². The van der Waals surface area contributed by atoms with Crippen molar-refractivity contribution >= 4 is 21.9 Å². The molecule has 0 amide bonds. The number of methoxy groups -OCH3 is 2. The Morgan fingerprint density at radius 1 is 1.41 bits per heavy atom. The van der Waals surface area contributed by atoms with Crippen LogP contribution in [0.1, 0.15) is 5.56 Å². The molecule has 0 fully saturated rings. The maximum Gasteiger partial charge on any atom is 0.320 e. The quantitative estimate of drug-likeness (QED) is 0.860. The average Bonchev–Trinajstić information content (AvgIpc) is 2.30. The standard InChI is InChI=1S/C11H14BrNO4/c1-16-9-5-7(12)10(17-2)4-6(9)3-8(13)11(14)15/h4-5,8H,3,13H2,1-2H3,(H,14,15). The lowest BCUT2D eigenvalue weighted by molar-refractivity contribution is -0.138. The minimum absolute atomic E-state index is 0.183. The van der Waals surface area contributed by atoms with E-state index in [4.69, 9.17) is 20.3 Å². The summed E-state index contributed by atoms with van der Waals surface area (Å²) >= 11 is 3.32. The van der Waals surface area contributed by atoms with Crippen molar-refractivity contribution in [3.05, 3.63) is 22.2 Å². The van der Waals surface area contributed by atoms with Crippen LogP contribution in [-0.4, -0.2) is 31.3 Å². The molecule has 0 radical (unpaired) electrons. The van der Waals surface area contributed by atoms with Gasteiger partial charge < -0.3 is 20.3 Å². The molecular weight excluding hydrogens is 290 g/mol. The summed E-state index contributed by atoms with van der Waals surface area (Å²) in [5.41, 5.74) is 6.19. The zero-order chi connectivity index (χ0) is 13.0. The molecule has 0 saturated heterocycles. The number of nitrogens with two attached hydrogens (primary N) is 1. The molecule has 0 aromatic heterocycles. The maximum absolute atomic E-state index is 10.7. The van der Waals surface area contributed by atoms with Gasteiger partial charge in [0.2, 0.25) is 0 Å². The van der Waals surface area contributed by atoms with Crippen LogP contribution in [0.3, 0.4) is 0 Å². The van der Waals surface area contributed by atoms with Crippen LogP contribution in [0.2, 0.25) is 0 Å². The SMILES string of the molecule is COc1cc(CC(N)C(=O)O)c(OC)cc1Br. The molecule has 0 bridgehead atoms. The molecule has 6 heteroatoms. The second kappa shape index (κ2) is 5.88. The van der Waals surface area contributed by atoms with E-state index in [1.165, 1.54) is 14.2 Å². The Balaban J connectivity index is 3.08. The van der Waals surface area contributed by atoms with E-state index in [9.17, 15) is 4.79 Å². The Hall–Kier alpha value is -1.27. The third kappa shape index (κ3) is 3.34. The number of carbonyl (C=O) groups is 1. The van der Waals surface area contributed by atoms with Crippen molar-refractivity contribution in [1.82, 2.24) is 0 Å². The van der Waals surface area contributed by atoms with Crippen LogP contribution < -0.4 is 15.2 Å². The van der Waals surface area contributed by atoms with E-state index in [0.717, 1.165) is 4.47 Å². The second-order valence-electron chi connectivity index (χ2n) is 3.45. The van der Waals surface area contributed by atoms with Gasteiger partial charge in [-0.05, 0) is 33.6 Å². The van der Waals surface area contributed by atoms with Gasteiger partial charge in [0.25, 0.3) is 0 Å². The monoisotopic (exact) mass is 303 g/mol. The number of rotatable bonds is 5. The minimum Gasteiger partial charge on any atom is -0.496 e. The molecule has 3 N–H and O–H groups in total. The lowest BCUT2D eigenvalue weighted by Gasteiger charge is -2.13. The van der Waals surface area contributed by atoms with Gasteiger partial charge in [0.15, 0.2) is 0 Å². The molecule has 17 heavy (non-hydrogen) atoms. The lowest BCUT2D eigenvalue weighted by atomic mass is 10.1. The third-order valence-electron chi connectivity index (χ3n) is 2.31. The van der Waals surface area contributed by atoms with E-state index >= 15 is 0 Å². The van der Waals surface area contributed by atoms with Gasteiger partial charge in [-0.3, -0.25) is 4.79 Å². The van der Waals surface area contributed by atoms with Gasteiger partial charge in [-0.25, -0.2) is 0 Å². The van der Waals surface area contributed by atoms with E-state index in [-0.39, 0.29) is 6.42 Å². The fourth-order valence-electron chi connectivity index (χ4n) is 1.41. The molecule has 1 unspecified atom stereocenters. The van der Waals surface area contributed by atoms with Crippen LogP contribution in [0.25, 0.3) is 0 Å². The predicted octanol–water partition coefficient (Wildman–Crippen LogP) is 1.42. The van der Waals surface area contributed by atoms with E-state index in [1.807, 2.05) is 0 Å². The molecule has 0 aliphatic carbocycles. The Morgan fingerprint density at radius 3 is 2.47 bits per heavy atom. The first-order valence-corrected chi connectivity index (χ1v) is 5.67. The molecule has 1 atom stereocenters. The first-order valence-electron chi connectivity index (χ1n) is 4.88. The Kier molecular flexibility index (Phi) is 4.77. The molecule has 5 nitrogen and oxygen atoms in total. The number of carboxylic acids is 1. The summed E-state index contributed by atoms with van der Waals surface area (Å²) in [7, 11) is 3.05. The first kappa shape index (κ1) is 13.8. The summed E-state index contributed by atoms with van der Waals surface area (Å²) in [6, 6.07) is 2.48. The molecule has 0 heterocycles. The fraction of sp³-hybridized carbons (Fsp3) is 0.364. The molecule has 1 aromatic carbocycles. The number of carboxylic acid groups (broad SMARTS) is 1. The van der Waals surface area contributed by atoms with Gasteiger partial charge in [0.05, 0.1) is 18.7 Å². The van der Waals surface area contributed by atoms with Crippen LogP contribution in [0.15, 0.2) is 16.6 Å². The van der Waals surface area contributed by atoms with Crippen molar-refractivity contribution in [3.8, 4) is 11.5 Å². The zero-order valence-electron chi connectivity index (χ0n) is 9.57. The van der Waals surface area contributed by atoms with Gasteiger partial charge >= 0.3 is 5.97 Å². The highest BCUT2D eigenvalue weighted by Gasteiger charge is 2.17. The third-order valence-corrected chi connectivity index (χ3v) is 2.93. The van der Waals surface area contributed by atoms with Gasteiger partial charge in [-0.1, -0.05) is 0 Å². The second-order valence-corrected chi connectivity index (χ2v) is 4.30. The summed E-state index contributed by atoms with van der Waals surface area (Å²) in [6.07, 6.45) is 0.183. The summed E-state index contributed by atoms with van der Waals surface area (Å²) in [6.45, 7) is 0. The molecule has 0 aliphatic rings. The Bertz CT molecular complexity index is 422. The van der Waals surface area contributed by atoms with Crippen LogP contribution in [0.4, 0.5) is 0 Å². The van der Waals surface area contributed by atoms with E-state index in [1.54, 1.807) is 12.1 Å². The maximum atomic E-state index is 10.7. The van der Waals surface area contributed by atoms with Crippen LogP contribution >= 0.6 is 15.9 Å². The molecule has 1 rings (SSSR count). The Labute approximate surface area is 108 Å². The van der Waals surface area contributed by atoms with Crippen LogP contribution in [0.5, 0.6) is 11.5 Å². The number of hydrogen-bond donors (Lipinski definition) is 2. The van der Waals surface area contributed by atoms with Crippen molar-refractivity contribution in [2.75, 3.05) is 14.2 Å². The summed E-state index contributed by atoms with van der Waals surface area (Å²) in [5.74, 6) is 0.140. The minimum atomic E-state index is -1.05. The highest BCUT2D eigenvalue weighted by molar-refractivity contribution is 9.10. The number of hydrogen-bond acceptors (Lipinski definition) is 4. The first-order chi connectivity index (χ1) is 7.99. The van der Waals surface area contributed by atoms with Crippen molar-refractivity contribution in [2.45, 2.75) is 12.5 Å². The molecule has 0 saturated carbocycles. The van der Waals surface area contributed by atoms with Crippen LogP contribution in [0, 0.1) is 0 Å². The molecule has 1 aromatic rings. The summed E-state index contributed by atoms with van der Waals surface area (Å²) in [5, 5.41) is 8.78. The number of benzene rings is 1. The van der Waals surface area contributed by atoms with E-state index in [0.29, 0.717) is 17.1 Å². The molecular formula is C11H14BrNO4. The molecule has 0 spiro atoms. The van der Waals surface area contributed by atoms with Gasteiger partial charge in [-0.15, -0.1) is 0 Å². The number of halogens is 1. The normalized spacial score (nSPS) is 12.0. The highest BCUT2D eigenvalue weighted by Crippen LogP contribution is 2.33. The molecule has 0 aliphatic heterocycles. The largest absolute Gasteiger partial charge is 0.496 e. The van der Waals surface area contributed by atoms with E-state index in [2.05, 4.69) is 15.9 Å². The van der Waals surface area contributed by atoms with Crippen molar-refractivity contribution < 1.29 is 19.4 Å². The van der Waals surface area contributed by atoms with Gasteiger partial charge in [-0.2, -0.15) is 0 Å². The van der Waals surface area contributed by atoms with Crippen molar-refractivity contribution in [3.63, 3.8) is 0 Å². The molecule has 94 valence electrons. The zero-order valence-corrected chi connectivity index (χ0v) is 11.2. The topological polar surface area (TPSA) is 81.8 Å². The number of ether oxygens (including phenoxy) is 2. The summed E-state index contributed by atoms with van der Waals surface area (Å²) < 4.78 is 11.0. The Morgan fingerprint density at radius 2 is 2.00 bits per heavy atom. The van der Waals surface area contributed by atoms with Gasteiger partial charge in [0.1, 0.15) is 17.5 Å². The van der Waals surface area contributed by atoms with Gasteiger partial charge in [0, 0.05) is 6.42 Å². The van der Waals surface area contributed by atoms with Crippen molar-refractivity contribution in [2.24, 2.45) is 5.73 Å². The van der Waals surface area contributed by atoms with E-state index < -0.39 is 12.0 Å². The smallest absolute Gasteiger partial charge is 0.320 e. The predicted molar refractivity (Wildman–Crippen MR) is 66.6 cm³/mol. The number of aliphatic carboxylic acids is 1. The average molecular weight is 304 g/mol.